The molecule has 3 rings (SSSR count). The van der Waals surface area contributed by atoms with E-state index in [4.69, 9.17) is 10.5 Å². The summed E-state index contributed by atoms with van der Waals surface area (Å²) in [6.07, 6.45) is 2.79. The molecule has 152 valence electrons. The molecule has 0 saturated carbocycles. The summed E-state index contributed by atoms with van der Waals surface area (Å²) in [5.41, 5.74) is 8.04. The molecule has 1 atom stereocenters. The second-order valence-electron chi connectivity index (χ2n) is 8.34. The van der Waals surface area contributed by atoms with Crippen molar-refractivity contribution in [3.63, 3.8) is 0 Å². The second kappa shape index (κ2) is 8.26. The molecule has 1 aliphatic rings. The number of fused-ring (bicyclic) bond motifs is 1. The van der Waals surface area contributed by atoms with Crippen molar-refractivity contribution in [3.8, 4) is 6.07 Å². The number of anilines is 2. The molecule has 1 amide bonds. The highest BCUT2D eigenvalue weighted by Crippen LogP contribution is 2.43. The summed E-state index contributed by atoms with van der Waals surface area (Å²) in [7, 11) is 0. The molecule has 6 nitrogen and oxygen atoms in total. The zero-order valence-electron chi connectivity index (χ0n) is 16.9. The van der Waals surface area contributed by atoms with Crippen molar-refractivity contribution in [2.75, 3.05) is 17.7 Å². The highest BCUT2D eigenvalue weighted by Gasteiger charge is 2.32. The molecule has 0 radical (unpaired) electrons. The summed E-state index contributed by atoms with van der Waals surface area (Å²) in [4.78, 5) is 25.6. The van der Waals surface area contributed by atoms with Crippen LogP contribution < -0.4 is 11.1 Å². The molecule has 7 heteroatoms. The van der Waals surface area contributed by atoms with Gasteiger partial charge in [-0.25, -0.2) is 4.79 Å². The van der Waals surface area contributed by atoms with Crippen LogP contribution >= 0.6 is 11.3 Å². The SMILES string of the molecule is CC(C)(C)[C@H]1CCc2c(sc(NC(=O)COC(=O)c3ccccc3N)c2C#N)C1. The Balaban J connectivity index is 1.67. The highest BCUT2D eigenvalue weighted by molar-refractivity contribution is 7.16. The third-order valence-corrected chi connectivity index (χ3v) is 6.54. The lowest BCUT2D eigenvalue weighted by Gasteiger charge is -2.33. The lowest BCUT2D eigenvalue weighted by molar-refractivity contribution is -0.119. The molecule has 0 bridgehead atoms. The summed E-state index contributed by atoms with van der Waals surface area (Å²) in [5.74, 6) is -0.589. The number of esters is 1. The van der Waals surface area contributed by atoms with Crippen LogP contribution in [-0.4, -0.2) is 18.5 Å². The maximum absolute atomic E-state index is 12.3. The number of nitrogens with two attached hydrogens (primary N) is 1. The fourth-order valence-corrected chi connectivity index (χ4v) is 4.88. The fourth-order valence-electron chi connectivity index (χ4n) is 3.59. The number of benzene rings is 1. The van der Waals surface area contributed by atoms with Crippen LogP contribution in [-0.2, 0) is 22.4 Å². The van der Waals surface area contributed by atoms with Gasteiger partial charge in [-0.05, 0) is 48.3 Å². The lowest BCUT2D eigenvalue weighted by atomic mass is 9.72. The van der Waals surface area contributed by atoms with Gasteiger partial charge in [0.1, 0.15) is 11.1 Å². The van der Waals surface area contributed by atoms with Gasteiger partial charge in [-0.3, -0.25) is 4.79 Å². The van der Waals surface area contributed by atoms with Gasteiger partial charge in [0.15, 0.2) is 6.61 Å². The minimum Gasteiger partial charge on any atom is -0.452 e. The topological polar surface area (TPSA) is 105 Å². The molecule has 1 aliphatic carbocycles. The third kappa shape index (κ3) is 4.60. The van der Waals surface area contributed by atoms with E-state index in [0.717, 1.165) is 29.7 Å². The van der Waals surface area contributed by atoms with E-state index >= 15 is 0 Å². The first kappa shape index (κ1) is 20.9. The van der Waals surface area contributed by atoms with Gasteiger partial charge in [-0.2, -0.15) is 5.26 Å². The molecule has 0 aliphatic heterocycles. The van der Waals surface area contributed by atoms with Crippen molar-refractivity contribution in [1.29, 1.82) is 5.26 Å². The molecule has 0 spiro atoms. The van der Waals surface area contributed by atoms with Crippen molar-refractivity contribution in [1.82, 2.24) is 0 Å². The zero-order valence-corrected chi connectivity index (χ0v) is 17.7. The van der Waals surface area contributed by atoms with Crippen LogP contribution in [0.1, 0.15) is 53.6 Å². The van der Waals surface area contributed by atoms with Gasteiger partial charge in [0.25, 0.3) is 5.91 Å². The Bertz CT molecular complexity index is 982. The average molecular weight is 412 g/mol. The van der Waals surface area contributed by atoms with Crippen LogP contribution in [0, 0.1) is 22.7 Å². The first-order valence-electron chi connectivity index (χ1n) is 9.56. The Morgan fingerprint density at radius 1 is 1.34 bits per heavy atom. The van der Waals surface area contributed by atoms with Gasteiger partial charge in [-0.1, -0.05) is 32.9 Å². The Hall–Kier alpha value is -2.85. The summed E-state index contributed by atoms with van der Waals surface area (Å²) in [6, 6.07) is 8.76. The van der Waals surface area contributed by atoms with Crippen LogP contribution in [0.3, 0.4) is 0 Å². The van der Waals surface area contributed by atoms with Crippen LogP contribution in [0.2, 0.25) is 0 Å². The average Bonchev–Trinajstić information content (AvgIpc) is 3.01. The Morgan fingerprint density at radius 2 is 2.07 bits per heavy atom. The number of nitrogens with zero attached hydrogens (tertiary/aromatic N) is 1. The van der Waals surface area contributed by atoms with Crippen molar-refractivity contribution in [2.24, 2.45) is 11.3 Å². The molecule has 0 fully saturated rings. The number of carbonyl (C=O) groups is 2. The van der Waals surface area contributed by atoms with E-state index in [1.165, 1.54) is 11.3 Å². The van der Waals surface area contributed by atoms with Crippen molar-refractivity contribution < 1.29 is 14.3 Å². The summed E-state index contributed by atoms with van der Waals surface area (Å²) in [5, 5.41) is 12.9. The molecular weight excluding hydrogens is 386 g/mol. The highest BCUT2D eigenvalue weighted by atomic mass is 32.1. The van der Waals surface area contributed by atoms with E-state index in [2.05, 4.69) is 32.2 Å². The Labute approximate surface area is 174 Å². The smallest absolute Gasteiger partial charge is 0.340 e. The number of carbonyl (C=O) groups excluding carboxylic acids is 2. The molecular formula is C22H25N3O3S. The molecule has 1 heterocycles. The Kier molecular flexibility index (Phi) is 5.94. The van der Waals surface area contributed by atoms with Crippen LogP contribution in [0.15, 0.2) is 24.3 Å². The zero-order chi connectivity index (χ0) is 21.2. The van der Waals surface area contributed by atoms with E-state index in [1.54, 1.807) is 24.3 Å². The monoisotopic (exact) mass is 411 g/mol. The van der Waals surface area contributed by atoms with E-state index in [1.807, 2.05) is 0 Å². The number of nitrogen functional groups attached to an aromatic ring is 1. The number of ether oxygens (including phenoxy) is 1. The first-order valence-corrected chi connectivity index (χ1v) is 10.4. The van der Waals surface area contributed by atoms with Crippen LogP contribution in [0.4, 0.5) is 10.7 Å². The largest absolute Gasteiger partial charge is 0.452 e. The van der Waals surface area contributed by atoms with E-state index in [9.17, 15) is 14.9 Å². The minimum atomic E-state index is -0.655. The minimum absolute atomic E-state index is 0.200. The number of nitrogens with one attached hydrogen (secondary N) is 1. The van der Waals surface area contributed by atoms with Crippen molar-refractivity contribution in [2.45, 2.75) is 40.0 Å². The third-order valence-electron chi connectivity index (χ3n) is 5.37. The van der Waals surface area contributed by atoms with Crippen LogP contribution in [0.25, 0.3) is 0 Å². The number of nitriles is 1. The quantitative estimate of drug-likeness (QED) is 0.581. The molecule has 0 saturated heterocycles. The van der Waals surface area contributed by atoms with Gasteiger partial charge < -0.3 is 15.8 Å². The predicted molar refractivity (Wildman–Crippen MR) is 114 cm³/mol. The molecule has 1 aromatic heterocycles. The van der Waals surface area contributed by atoms with Gasteiger partial charge >= 0.3 is 5.97 Å². The normalized spacial score (nSPS) is 15.9. The maximum Gasteiger partial charge on any atom is 0.340 e. The van der Waals surface area contributed by atoms with E-state index in [-0.39, 0.29) is 11.0 Å². The van der Waals surface area contributed by atoms with E-state index in [0.29, 0.717) is 22.2 Å². The fraction of sp³-hybridized carbons (Fsp3) is 0.409. The standard InChI is InChI=1S/C22H25N3O3S/c1-22(2,3)13-8-9-14-16(11-23)20(29-18(14)10-13)25-19(26)12-28-21(27)15-6-4-5-7-17(15)24/h4-7,13H,8-10,12,24H2,1-3H3,(H,25,26)/t13-/m0/s1. The number of rotatable bonds is 4. The Morgan fingerprint density at radius 3 is 2.72 bits per heavy atom. The van der Waals surface area contributed by atoms with Gasteiger partial charge in [0.2, 0.25) is 0 Å². The maximum atomic E-state index is 12.3. The second-order valence-corrected chi connectivity index (χ2v) is 9.44. The summed E-state index contributed by atoms with van der Waals surface area (Å²) >= 11 is 1.45. The molecule has 0 unspecified atom stereocenters. The van der Waals surface area contributed by atoms with Gasteiger partial charge in [0, 0.05) is 10.6 Å². The number of hydrogen-bond acceptors (Lipinski definition) is 6. The van der Waals surface area contributed by atoms with Gasteiger partial charge in [0.05, 0.1) is 11.1 Å². The number of para-hydroxylation sites is 1. The van der Waals surface area contributed by atoms with Gasteiger partial charge in [-0.15, -0.1) is 11.3 Å². The number of thiophene rings is 1. The molecule has 1 aromatic carbocycles. The summed E-state index contributed by atoms with van der Waals surface area (Å²) in [6.45, 7) is 6.26. The van der Waals surface area contributed by atoms with Crippen molar-refractivity contribution in [3.05, 3.63) is 45.8 Å². The number of hydrogen-bond donors (Lipinski definition) is 2. The van der Waals surface area contributed by atoms with Crippen LogP contribution in [0.5, 0.6) is 0 Å². The number of amides is 1. The van der Waals surface area contributed by atoms with Crippen molar-refractivity contribution >= 4 is 33.9 Å². The van der Waals surface area contributed by atoms with E-state index < -0.39 is 18.5 Å². The first-order chi connectivity index (χ1) is 13.7. The summed E-state index contributed by atoms with van der Waals surface area (Å²) < 4.78 is 5.07. The molecule has 29 heavy (non-hydrogen) atoms. The molecule has 2 aromatic rings. The molecule has 3 N–H and O–H groups in total. The predicted octanol–water partition coefficient (Wildman–Crippen LogP) is 4.15. The lowest BCUT2D eigenvalue weighted by Crippen LogP contribution is -2.26.